The van der Waals surface area contributed by atoms with Crippen LogP contribution in [-0.2, 0) is 16.0 Å². The molecule has 1 N–H and O–H groups in total. The Morgan fingerprint density at radius 2 is 2.17 bits per heavy atom. The lowest BCUT2D eigenvalue weighted by molar-refractivity contribution is -0.384. The van der Waals surface area contributed by atoms with Crippen LogP contribution in [0.25, 0.3) is 0 Å². The van der Waals surface area contributed by atoms with Crippen LogP contribution in [0, 0.1) is 10.1 Å². The number of nitro benzene ring substituents is 1. The van der Waals surface area contributed by atoms with E-state index in [2.05, 4.69) is 11.9 Å². The highest BCUT2D eigenvalue weighted by atomic mass is 16.6. The number of allylic oxidation sites excluding steroid dienone is 1. The summed E-state index contributed by atoms with van der Waals surface area (Å²) in [6, 6.07) is 4.14. The van der Waals surface area contributed by atoms with Crippen molar-refractivity contribution in [3.05, 3.63) is 46.5 Å². The summed E-state index contributed by atoms with van der Waals surface area (Å²) in [5.41, 5.74) is 0.508. The summed E-state index contributed by atoms with van der Waals surface area (Å²) in [6.45, 7) is 3.25. The number of nitrogens with one attached hydrogen (secondary N) is 1. The molecular weight excluding hydrogens is 302 g/mol. The Hall–Kier alpha value is -2.90. The number of nitrogens with zero attached hydrogens (tertiary/aromatic N) is 2. The molecule has 8 heteroatoms. The minimum atomic E-state index is -0.501. The van der Waals surface area contributed by atoms with Crippen molar-refractivity contribution in [3.63, 3.8) is 0 Å². The van der Waals surface area contributed by atoms with Crippen LogP contribution < -0.4 is 10.1 Å². The largest absolute Gasteiger partial charge is 0.483 e. The highest BCUT2D eigenvalue weighted by molar-refractivity contribution is 5.85. The van der Waals surface area contributed by atoms with Crippen molar-refractivity contribution in [3.8, 4) is 5.75 Å². The zero-order valence-corrected chi connectivity index (χ0v) is 13.1. The Balaban J connectivity index is 2.76. The van der Waals surface area contributed by atoms with E-state index in [-0.39, 0.29) is 30.7 Å². The number of carbonyl (C=O) groups excluding carboxylic acids is 2. The second kappa shape index (κ2) is 8.52. The van der Waals surface area contributed by atoms with E-state index in [4.69, 9.17) is 4.74 Å². The summed E-state index contributed by atoms with van der Waals surface area (Å²) in [7, 11) is 2.97. The van der Waals surface area contributed by atoms with Crippen molar-refractivity contribution in [2.75, 3.05) is 27.2 Å². The molecule has 124 valence electrons. The van der Waals surface area contributed by atoms with E-state index in [1.165, 1.54) is 37.2 Å². The van der Waals surface area contributed by atoms with Gasteiger partial charge in [-0.2, -0.15) is 0 Å². The Bertz CT molecular complexity index is 615. The van der Waals surface area contributed by atoms with E-state index in [0.717, 1.165) is 0 Å². The van der Waals surface area contributed by atoms with Crippen molar-refractivity contribution < 1.29 is 19.2 Å². The number of amides is 2. The molecule has 0 aliphatic heterocycles. The molecule has 2 amide bonds. The van der Waals surface area contributed by atoms with Gasteiger partial charge in [0.25, 0.3) is 11.6 Å². The molecule has 0 spiro atoms. The Kier molecular flexibility index (Phi) is 6.72. The van der Waals surface area contributed by atoms with Crippen LogP contribution in [0.1, 0.15) is 5.56 Å². The average Bonchev–Trinajstić information content (AvgIpc) is 2.53. The molecule has 1 aromatic carbocycles. The van der Waals surface area contributed by atoms with Crippen LogP contribution in [-0.4, -0.2) is 48.9 Å². The predicted molar refractivity (Wildman–Crippen MR) is 84.2 cm³/mol. The molecular formula is C15H19N3O5. The molecule has 8 nitrogen and oxygen atoms in total. The van der Waals surface area contributed by atoms with Gasteiger partial charge in [0.2, 0.25) is 5.91 Å². The maximum absolute atomic E-state index is 11.9. The molecule has 23 heavy (non-hydrogen) atoms. The molecule has 0 radical (unpaired) electrons. The van der Waals surface area contributed by atoms with Gasteiger partial charge in [-0.1, -0.05) is 6.08 Å². The average molecular weight is 321 g/mol. The molecule has 0 unspecified atom stereocenters. The molecule has 0 atom stereocenters. The lowest BCUT2D eigenvalue weighted by Crippen LogP contribution is -2.39. The first-order valence-corrected chi connectivity index (χ1v) is 6.84. The minimum absolute atomic E-state index is 0.0581. The molecule has 1 rings (SSSR count). The molecule has 0 aliphatic carbocycles. The fraction of sp³-hybridized carbons (Fsp3) is 0.333. The quantitative estimate of drug-likeness (QED) is 0.435. The number of likely N-dealkylation sites (N-methyl/N-ethyl adjacent to an activating group) is 2. The number of ether oxygens (including phenoxy) is 1. The molecule has 0 saturated carbocycles. The summed E-state index contributed by atoms with van der Waals surface area (Å²) in [6.07, 6.45) is 1.96. The Morgan fingerprint density at radius 3 is 2.74 bits per heavy atom. The van der Waals surface area contributed by atoms with Gasteiger partial charge < -0.3 is 15.0 Å². The van der Waals surface area contributed by atoms with E-state index >= 15 is 0 Å². The molecule has 0 aliphatic rings. The Labute approximate surface area is 133 Å². The predicted octanol–water partition coefficient (Wildman–Crippen LogP) is 0.906. The zero-order chi connectivity index (χ0) is 17.4. The number of benzene rings is 1. The van der Waals surface area contributed by atoms with Crippen molar-refractivity contribution in [1.82, 2.24) is 10.2 Å². The second-order valence-corrected chi connectivity index (χ2v) is 4.75. The van der Waals surface area contributed by atoms with Gasteiger partial charge in [-0.3, -0.25) is 19.7 Å². The van der Waals surface area contributed by atoms with E-state index in [1.54, 1.807) is 6.08 Å². The molecule has 0 fully saturated rings. The number of non-ortho nitro benzene ring substituents is 1. The van der Waals surface area contributed by atoms with Crippen molar-refractivity contribution in [2.45, 2.75) is 6.42 Å². The third kappa shape index (κ3) is 5.42. The summed E-state index contributed by atoms with van der Waals surface area (Å²) in [5, 5.41) is 13.2. The molecule has 0 heterocycles. The first-order chi connectivity index (χ1) is 10.9. The molecule has 1 aromatic rings. The van der Waals surface area contributed by atoms with Gasteiger partial charge in [0, 0.05) is 31.8 Å². The maximum Gasteiger partial charge on any atom is 0.269 e. The van der Waals surface area contributed by atoms with Crippen molar-refractivity contribution in [1.29, 1.82) is 0 Å². The van der Waals surface area contributed by atoms with Crippen molar-refractivity contribution >= 4 is 17.5 Å². The second-order valence-electron chi connectivity index (χ2n) is 4.75. The monoisotopic (exact) mass is 321 g/mol. The van der Waals surface area contributed by atoms with E-state index in [9.17, 15) is 19.7 Å². The summed E-state index contributed by atoms with van der Waals surface area (Å²) in [4.78, 5) is 34.7. The number of carbonyl (C=O) groups is 2. The highest BCUT2D eigenvalue weighted by Crippen LogP contribution is 2.25. The van der Waals surface area contributed by atoms with Crippen LogP contribution in [0.5, 0.6) is 5.75 Å². The number of hydrogen-bond donors (Lipinski definition) is 1. The first-order valence-electron chi connectivity index (χ1n) is 6.84. The zero-order valence-electron chi connectivity index (χ0n) is 13.1. The van der Waals surface area contributed by atoms with Gasteiger partial charge in [-0.05, 0) is 12.5 Å². The minimum Gasteiger partial charge on any atom is -0.483 e. The third-order valence-electron chi connectivity index (χ3n) is 3.06. The van der Waals surface area contributed by atoms with Crippen molar-refractivity contribution in [2.24, 2.45) is 0 Å². The fourth-order valence-electron chi connectivity index (χ4n) is 1.77. The standard InChI is InChI=1S/C15H19N3O5/c1-4-5-11-8-12(18(21)22)6-7-13(11)23-10-15(20)17(3)9-14(19)16-2/h4,6-8H,1,5,9-10H2,2-3H3,(H,16,19). The van der Waals surface area contributed by atoms with Crippen LogP contribution in [0.2, 0.25) is 0 Å². The summed E-state index contributed by atoms with van der Waals surface area (Å²) < 4.78 is 5.43. The molecule has 0 saturated heterocycles. The Morgan fingerprint density at radius 1 is 1.48 bits per heavy atom. The number of rotatable bonds is 8. The van der Waals surface area contributed by atoms with E-state index < -0.39 is 4.92 Å². The SMILES string of the molecule is C=CCc1cc([N+](=O)[O-])ccc1OCC(=O)N(C)CC(=O)NC. The van der Waals surface area contributed by atoms with Gasteiger partial charge in [0.05, 0.1) is 11.5 Å². The van der Waals surface area contributed by atoms with E-state index in [1.807, 2.05) is 0 Å². The van der Waals surface area contributed by atoms with Crippen LogP contribution in [0.3, 0.4) is 0 Å². The highest BCUT2D eigenvalue weighted by Gasteiger charge is 2.15. The number of hydrogen-bond acceptors (Lipinski definition) is 5. The number of nitro groups is 1. The fourth-order valence-corrected chi connectivity index (χ4v) is 1.77. The molecule has 0 bridgehead atoms. The normalized spacial score (nSPS) is 9.83. The lowest BCUT2D eigenvalue weighted by Gasteiger charge is -2.17. The third-order valence-corrected chi connectivity index (χ3v) is 3.06. The van der Waals surface area contributed by atoms with Gasteiger partial charge in [0.15, 0.2) is 6.61 Å². The first kappa shape index (κ1) is 18.1. The van der Waals surface area contributed by atoms with Gasteiger partial charge >= 0.3 is 0 Å². The smallest absolute Gasteiger partial charge is 0.269 e. The van der Waals surface area contributed by atoms with Crippen LogP contribution >= 0.6 is 0 Å². The topological polar surface area (TPSA) is 102 Å². The molecule has 0 aromatic heterocycles. The van der Waals surface area contributed by atoms with Crippen LogP contribution in [0.15, 0.2) is 30.9 Å². The lowest BCUT2D eigenvalue weighted by atomic mass is 10.1. The van der Waals surface area contributed by atoms with E-state index in [0.29, 0.717) is 17.7 Å². The van der Waals surface area contributed by atoms with Gasteiger partial charge in [-0.25, -0.2) is 0 Å². The maximum atomic E-state index is 11.9. The summed E-state index contributed by atoms with van der Waals surface area (Å²) in [5.74, 6) is -0.294. The summed E-state index contributed by atoms with van der Waals surface area (Å²) >= 11 is 0. The van der Waals surface area contributed by atoms with Crippen LogP contribution in [0.4, 0.5) is 5.69 Å². The van der Waals surface area contributed by atoms with Gasteiger partial charge in [0.1, 0.15) is 5.75 Å². The van der Waals surface area contributed by atoms with Gasteiger partial charge in [-0.15, -0.1) is 6.58 Å².